The number of nitrogens with one attached hydrogen (secondary N) is 1. The lowest BCUT2D eigenvalue weighted by Crippen LogP contribution is -2.27. The number of benzene rings is 2. The molecule has 5 heteroatoms. The van der Waals surface area contributed by atoms with Gasteiger partial charge in [-0.25, -0.2) is 13.1 Å². The lowest BCUT2D eigenvalue weighted by atomic mass is 9.86. The smallest absolute Gasteiger partial charge is 0.241 e. The minimum Gasteiger partial charge on any atom is -0.496 e. The van der Waals surface area contributed by atoms with Crippen LogP contribution < -0.4 is 9.46 Å². The summed E-state index contributed by atoms with van der Waals surface area (Å²) in [5.74, 6) is 0.692. The molecule has 0 saturated heterocycles. The summed E-state index contributed by atoms with van der Waals surface area (Å²) in [4.78, 5) is 0.246. The van der Waals surface area contributed by atoms with Crippen molar-refractivity contribution < 1.29 is 13.2 Å². The number of ether oxygens (including phenoxy) is 1. The highest BCUT2D eigenvalue weighted by atomic mass is 32.2. The Labute approximate surface area is 144 Å². The molecule has 0 spiro atoms. The van der Waals surface area contributed by atoms with E-state index in [1.54, 1.807) is 25.3 Å². The van der Waals surface area contributed by atoms with Crippen LogP contribution in [-0.4, -0.2) is 15.5 Å². The minimum absolute atomic E-state index is 0.220. The van der Waals surface area contributed by atoms with Crippen LogP contribution in [0.4, 0.5) is 0 Å². The van der Waals surface area contributed by atoms with Crippen LogP contribution in [0.25, 0.3) is 0 Å². The third kappa shape index (κ3) is 4.16. The highest BCUT2D eigenvalue weighted by Crippen LogP contribution is 2.33. The van der Waals surface area contributed by atoms with Crippen molar-refractivity contribution in [2.24, 2.45) is 0 Å². The first-order valence-corrected chi connectivity index (χ1v) is 9.39. The maximum atomic E-state index is 12.7. The fraction of sp³-hybridized carbons (Fsp3) is 0.368. The van der Waals surface area contributed by atoms with E-state index < -0.39 is 10.0 Å². The van der Waals surface area contributed by atoms with Gasteiger partial charge >= 0.3 is 0 Å². The van der Waals surface area contributed by atoms with Crippen LogP contribution in [0.1, 0.15) is 44.9 Å². The van der Waals surface area contributed by atoms with Crippen LogP contribution in [0.5, 0.6) is 5.75 Å². The zero-order chi connectivity index (χ0) is 18.0. The Bertz CT molecular complexity index is 793. The molecule has 0 aliphatic rings. The second-order valence-corrected chi connectivity index (χ2v) is 8.58. The van der Waals surface area contributed by atoms with Gasteiger partial charge in [-0.1, -0.05) is 51.1 Å². The monoisotopic (exact) mass is 347 g/mol. The van der Waals surface area contributed by atoms with Crippen molar-refractivity contribution >= 4 is 10.0 Å². The fourth-order valence-electron chi connectivity index (χ4n) is 2.55. The fourth-order valence-corrected chi connectivity index (χ4v) is 3.81. The largest absolute Gasteiger partial charge is 0.496 e. The van der Waals surface area contributed by atoms with E-state index in [-0.39, 0.29) is 16.4 Å². The van der Waals surface area contributed by atoms with Crippen LogP contribution >= 0.6 is 0 Å². The molecule has 1 N–H and O–H groups in total. The molecular formula is C19H25NO3S. The van der Waals surface area contributed by atoms with Gasteiger partial charge in [-0.2, -0.15) is 0 Å². The molecule has 4 nitrogen and oxygen atoms in total. The van der Waals surface area contributed by atoms with Crippen molar-refractivity contribution in [3.05, 3.63) is 59.7 Å². The molecular weight excluding hydrogens is 322 g/mol. The second kappa shape index (κ2) is 6.95. The number of methoxy groups -OCH3 is 1. The summed E-state index contributed by atoms with van der Waals surface area (Å²) >= 11 is 0. The first-order chi connectivity index (χ1) is 11.1. The Kier molecular flexibility index (Phi) is 5.35. The SMILES string of the molecule is COc1ccc(S(=O)(=O)N[C@H](C)c2ccccc2)cc1C(C)(C)C. The minimum atomic E-state index is -3.62. The van der Waals surface area contributed by atoms with E-state index in [1.807, 2.05) is 58.0 Å². The van der Waals surface area contributed by atoms with E-state index in [9.17, 15) is 8.42 Å². The Morgan fingerprint density at radius 2 is 1.67 bits per heavy atom. The van der Waals surface area contributed by atoms with E-state index >= 15 is 0 Å². The lowest BCUT2D eigenvalue weighted by Gasteiger charge is -2.23. The Balaban J connectivity index is 2.36. The van der Waals surface area contributed by atoms with Crippen molar-refractivity contribution in [3.63, 3.8) is 0 Å². The van der Waals surface area contributed by atoms with Gasteiger partial charge in [0, 0.05) is 11.6 Å². The predicted octanol–water partition coefficient (Wildman–Crippen LogP) is 4.03. The van der Waals surface area contributed by atoms with E-state index in [1.165, 1.54) is 0 Å². The molecule has 2 rings (SSSR count). The van der Waals surface area contributed by atoms with Crippen LogP contribution in [0.2, 0.25) is 0 Å². The van der Waals surface area contributed by atoms with Crippen molar-refractivity contribution in [1.82, 2.24) is 4.72 Å². The number of sulfonamides is 1. The quantitative estimate of drug-likeness (QED) is 0.888. The summed E-state index contributed by atoms with van der Waals surface area (Å²) in [5, 5.41) is 0. The number of rotatable bonds is 5. The highest BCUT2D eigenvalue weighted by molar-refractivity contribution is 7.89. The van der Waals surface area contributed by atoms with Crippen LogP contribution in [-0.2, 0) is 15.4 Å². The maximum Gasteiger partial charge on any atom is 0.241 e. The molecule has 130 valence electrons. The highest BCUT2D eigenvalue weighted by Gasteiger charge is 2.24. The van der Waals surface area contributed by atoms with Crippen molar-refractivity contribution in [1.29, 1.82) is 0 Å². The molecule has 0 aliphatic carbocycles. The molecule has 2 aromatic carbocycles. The van der Waals surface area contributed by atoms with Gasteiger partial charge in [0.05, 0.1) is 12.0 Å². The van der Waals surface area contributed by atoms with E-state index in [4.69, 9.17) is 4.74 Å². The first-order valence-electron chi connectivity index (χ1n) is 7.91. The average Bonchev–Trinajstić information content (AvgIpc) is 2.53. The summed E-state index contributed by atoms with van der Waals surface area (Å²) < 4.78 is 33.6. The van der Waals surface area contributed by atoms with Crippen LogP contribution in [0, 0.1) is 0 Å². The maximum absolute atomic E-state index is 12.7. The summed E-state index contributed by atoms with van der Waals surface area (Å²) in [6, 6.07) is 14.2. The molecule has 0 heterocycles. The number of hydrogen-bond donors (Lipinski definition) is 1. The zero-order valence-corrected chi connectivity index (χ0v) is 15.6. The van der Waals surface area contributed by atoms with E-state index in [0.29, 0.717) is 5.75 Å². The lowest BCUT2D eigenvalue weighted by molar-refractivity contribution is 0.397. The standard InChI is InChI=1S/C19H25NO3S/c1-14(15-9-7-6-8-10-15)20-24(21,22)16-11-12-18(23-5)17(13-16)19(2,3)4/h6-14,20H,1-5H3/t14-/m1/s1. The third-order valence-corrected chi connectivity index (χ3v) is 5.46. The van der Waals surface area contributed by atoms with Gasteiger partial charge in [-0.05, 0) is 36.1 Å². The third-order valence-electron chi connectivity index (χ3n) is 3.92. The topological polar surface area (TPSA) is 55.4 Å². The molecule has 0 fully saturated rings. The summed E-state index contributed by atoms with van der Waals surface area (Å²) in [7, 11) is -2.03. The molecule has 0 unspecified atom stereocenters. The van der Waals surface area contributed by atoms with Crippen LogP contribution in [0.15, 0.2) is 53.4 Å². The van der Waals surface area contributed by atoms with Gasteiger partial charge in [0.1, 0.15) is 5.75 Å². The van der Waals surface area contributed by atoms with E-state index in [0.717, 1.165) is 11.1 Å². The van der Waals surface area contributed by atoms with Gasteiger partial charge in [0.25, 0.3) is 0 Å². The molecule has 2 aromatic rings. The summed E-state index contributed by atoms with van der Waals surface area (Å²) in [6.07, 6.45) is 0. The molecule has 0 aromatic heterocycles. The molecule has 0 saturated carbocycles. The summed E-state index contributed by atoms with van der Waals surface area (Å²) in [6.45, 7) is 7.92. The normalized spacial score (nSPS) is 13.5. The second-order valence-electron chi connectivity index (χ2n) is 6.87. The molecule has 1 atom stereocenters. The molecule has 0 radical (unpaired) electrons. The average molecular weight is 347 g/mol. The molecule has 0 bridgehead atoms. The van der Waals surface area contributed by atoms with Crippen LogP contribution in [0.3, 0.4) is 0 Å². The van der Waals surface area contributed by atoms with Crippen molar-refractivity contribution in [2.45, 2.75) is 44.0 Å². The van der Waals surface area contributed by atoms with Gasteiger partial charge < -0.3 is 4.74 Å². The Morgan fingerprint density at radius 3 is 2.21 bits per heavy atom. The molecule has 0 aliphatic heterocycles. The van der Waals surface area contributed by atoms with Gasteiger partial charge in [-0.15, -0.1) is 0 Å². The zero-order valence-electron chi connectivity index (χ0n) is 14.8. The first kappa shape index (κ1) is 18.5. The van der Waals surface area contributed by atoms with Crippen molar-refractivity contribution in [3.8, 4) is 5.75 Å². The van der Waals surface area contributed by atoms with Crippen molar-refractivity contribution in [2.75, 3.05) is 7.11 Å². The van der Waals surface area contributed by atoms with Gasteiger partial charge in [-0.3, -0.25) is 0 Å². The Hall–Kier alpha value is -1.85. The Morgan fingerprint density at radius 1 is 1.04 bits per heavy atom. The van der Waals surface area contributed by atoms with Gasteiger partial charge in [0.15, 0.2) is 0 Å². The van der Waals surface area contributed by atoms with Gasteiger partial charge in [0.2, 0.25) is 10.0 Å². The van der Waals surface area contributed by atoms with E-state index in [2.05, 4.69) is 4.72 Å². The molecule has 0 amide bonds. The predicted molar refractivity (Wildman–Crippen MR) is 96.9 cm³/mol. The molecule has 24 heavy (non-hydrogen) atoms. The number of hydrogen-bond acceptors (Lipinski definition) is 3. The summed E-state index contributed by atoms with van der Waals surface area (Å²) in [5.41, 5.74) is 1.56.